The van der Waals surface area contributed by atoms with Crippen LogP contribution in [0.15, 0.2) is 0 Å². The highest BCUT2D eigenvalue weighted by Gasteiger charge is 2.23. The van der Waals surface area contributed by atoms with Gasteiger partial charge in [0.15, 0.2) is 0 Å². The Bertz CT molecular complexity index is 345. The van der Waals surface area contributed by atoms with Gasteiger partial charge < -0.3 is 9.80 Å². The molecule has 5 heteroatoms. The molecule has 0 bridgehead atoms. The van der Waals surface area contributed by atoms with Gasteiger partial charge in [0.1, 0.15) is 0 Å². The van der Waals surface area contributed by atoms with Crippen LogP contribution in [-0.4, -0.2) is 60.4 Å². The molecule has 1 unspecified atom stereocenters. The largest absolute Gasteiger partial charge is 0.342 e. The van der Waals surface area contributed by atoms with Gasteiger partial charge in [-0.05, 0) is 39.0 Å². The summed E-state index contributed by atoms with van der Waals surface area (Å²) in [7, 11) is 0. The fourth-order valence-corrected chi connectivity index (χ4v) is 3.15. The van der Waals surface area contributed by atoms with Gasteiger partial charge in [-0.15, -0.1) is 0 Å². The fourth-order valence-electron chi connectivity index (χ4n) is 3.15. The van der Waals surface area contributed by atoms with Gasteiger partial charge in [0.2, 0.25) is 11.8 Å². The molecule has 120 valence electrons. The van der Waals surface area contributed by atoms with Crippen molar-refractivity contribution in [2.75, 3.05) is 32.7 Å². The number of carbonyl (C=O) groups is 2. The Hall–Kier alpha value is -1.10. The summed E-state index contributed by atoms with van der Waals surface area (Å²) in [5, 5.41) is 3.11. The summed E-state index contributed by atoms with van der Waals surface area (Å²) in [6.07, 6.45) is 8.08. The van der Waals surface area contributed by atoms with Crippen LogP contribution < -0.4 is 5.32 Å². The molecule has 0 spiro atoms. The first-order chi connectivity index (χ1) is 10.2. The van der Waals surface area contributed by atoms with E-state index in [0.717, 1.165) is 51.9 Å². The summed E-state index contributed by atoms with van der Waals surface area (Å²) >= 11 is 0. The highest BCUT2D eigenvalue weighted by atomic mass is 16.2. The van der Waals surface area contributed by atoms with Crippen molar-refractivity contribution in [2.24, 2.45) is 0 Å². The lowest BCUT2D eigenvalue weighted by molar-refractivity contribution is -0.134. The minimum Gasteiger partial charge on any atom is -0.342 e. The highest BCUT2D eigenvalue weighted by Crippen LogP contribution is 2.11. The van der Waals surface area contributed by atoms with Crippen LogP contribution in [0, 0.1) is 0 Å². The Morgan fingerprint density at radius 2 is 1.33 bits per heavy atom. The molecule has 5 nitrogen and oxygen atoms in total. The van der Waals surface area contributed by atoms with E-state index in [1.807, 2.05) is 16.7 Å². The minimum absolute atomic E-state index is 0.130. The molecule has 1 N–H and O–H groups in total. The molecule has 0 aliphatic carbocycles. The normalized spacial score (nSPS) is 21.8. The first-order valence-corrected chi connectivity index (χ1v) is 8.48. The van der Waals surface area contributed by atoms with Crippen LogP contribution >= 0.6 is 0 Å². The van der Waals surface area contributed by atoms with Crippen LogP contribution in [0.2, 0.25) is 0 Å². The van der Waals surface area contributed by atoms with Gasteiger partial charge in [-0.1, -0.05) is 12.8 Å². The topological polar surface area (TPSA) is 52.7 Å². The molecule has 2 fully saturated rings. The van der Waals surface area contributed by atoms with Crippen molar-refractivity contribution in [3.8, 4) is 0 Å². The second-order valence-corrected chi connectivity index (χ2v) is 6.28. The SMILES string of the molecule is CC(NCC(=O)N1CCCCC1)C(=O)N1CCCCCC1. The average molecular weight is 295 g/mol. The Labute approximate surface area is 128 Å². The average Bonchev–Trinajstić information content (AvgIpc) is 2.81. The lowest BCUT2D eigenvalue weighted by Gasteiger charge is -2.28. The zero-order chi connectivity index (χ0) is 15.1. The van der Waals surface area contributed by atoms with Gasteiger partial charge >= 0.3 is 0 Å². The lowest BCUT2D eigenvalue weighted by Crippen LogP contribution is -2.49. The number of nitrogens with one attached hydrogen (secondary N) is 1. The summed E-state index contributed by atoms with van der Waals surface area (Å²) in [5.74, 6) is 0.272. The number of piperidine rings is 1. The summed E-state index contributed by atoms with van der Waals surface area (Å²) in [6, 6.07) is -0.267. The van der Waals surface area contributed by atoms with E-state index < -0.39 is 0 Å². The smallest absolute Gasteiger partial charge is 0.239 e. The van der Waals surface area contributed by atoms with Gasteiger partial charge in [-0.3, -0.25) is 14.9 Å². The maximum Gasteiger partial charge on any atom is 0.239 e. The molecule has 2 amide bonds. The van der Waals surface area contributed by atoms with Crippen molar-refractivity contribution in [2.45, 2.75) is 57.9 Å². The quantitative estimate of drug-likeness (QED) is 0.852. The molecule has 2 aliphatic rings. The van der Waals surface area contributed by atoms with Crippen molar-refractivity contribution in [1.82, 2.24) is 15.1 Å². The van der Waals surface area contributed by atoms with Gasteiger partial charge in [0.25, 0.3) is 0 Å². The molecule has 21 heavy (non-hydrogen) atoms. The van der Waals surface area contributed by atoms with Crippen LogP contribution in [0.4, 0.5) is 0 Å². The molecule has 0 radical (unpaired) electrons. The van der Waals surface area contributed by atoms with Crippen molar-refractivity contribution in [1.29, 1.82) is 0 Å². The molecule has 1 atom stereocenters. The standard InChI is InChI=1S/C16H29N3O2/c1-14(16(21)19-11-5-2-3-6-12-19)17-13-15(20)18-9-7-4-8-10-18/h14,17H,2-13H2,1H3. The third kappa shape index (κ3) is 4.99. The Morgan fingerprint density at radius 1 is 0.857 bits per heavy atom. The third-order valence-electron chi connectivity index (χ3n) is 4.56. The van der Waals surface area contributed by atoms with Crippen molar-refractivity contribution in [3.05, 3.63) is 0 Å². The molecule has 0 aromatic heterocycles. The number of hydrogen-bond acceptors (Lipinski definition) is 3. The maximum absolute atomic E-state index is 12.4. The predicted octanol–water partition coefficient (Wildman–Crippen LogP) is 1.38. The van der Waals surface area contributed by atoms with E-state index in [1.54, 1.807) is 0 Å². The number of hydrogen-bond donors (Lipinski definition) is 1. The molecule has 0 saturated carbocycles. The number of rotatable bonds is 4. The number of nitrogens with zero attached hydrogens (tertiary/aromatic N) is 2. The van der Waals surface area contributed by atoms with Crippen molar-refractivity contribution >= 4 is 11.8 Å². The molecular weight excluding hydrogens is 266 g/mol. The second kappa shape index (κ2) is 8.37. The van der Waals surface area contributed by atoms with Crippen LogP contribution in [0.25, 0.3) is 0 Å². The molecule has 0 aromatic rings. The first kappa shape index (κ1) is 16.3. The molecule has 0 aromatic carbocycles. The van der Waals surface area contributed by atoms with E-state index >= 15 is 0 Å². The van der Waals surface area contributed by atoms with Gasteiger partial charge in [0, 0.05) is 26.2 Å². The van der Waals surface area contributed by atoms with Gasteiger partial charge in [-0.25, -0.2) is 0 Å². The fraction of sp³-hybridized carbons (Fsp3) is 0.875. The van der Waals surface area contributed by atoms with E-state index in [9.17, 15) is 9.59 Å². The molecule has 2 aliphatic heterocycles. The van der Waals surface area contributed by atoms with Gasteiger partial charge in [0.05, 0.1) is 12.6 Å². The Balaban J connectivity index is 1.73. The zero-order valence-corrected chi connectivity index (χ0v) is 13.3. The predicted molar refractivity (Wildman–Crippen MR) is 82.9 cm³/mol. The van der Waals surface area contributed by atoms with Crippen molar-refractivity contribution < 1.29 is 9.59 Å². The van der Waals surface area contributed by atoms with E-state index in [-0.39, 0.29) is 24.4 Å². The lowest BCUT2D eigenvalue weighted by atomic mass is 10.1. The van der Waals surface area contributed by atoms with Crippen molar-refractivity contribution in [3.63, 3.8) is 0 Å². The van der Waals surface area contributed by atoms with Crippen LogP contribution in [-0.2, 0) is 9.59 Å². The monoisotopic (exact) mass is 295 g/mol. The van der Waals surface area contributed by atoms with Crippen LogP contribution in [0.1, 0.15) is 51.9 Å². The molecule has 2 saturated heterocycles. The molecular formula is C16H29N3O2. The molecule has 2 heterocycles. The first-order valence-electron chi connectivity index (χ1n) is 8.48. The third-order valence-corrected chi connectivity index (χ3v) is 4.56. The second-order valence-electron chi connectivity index (χ2n) is 6.28. The summed E-state index contributed by atoms with van der Waals surface area (Å²) < 4.78 is 0. The Morgan fingerprint density at radius 3 is 1.90 bits per heavy atom. The van der Waals surface area contributed by atoms with Gasteiger partial charge in [-0.2, -0.15) is 0 Å². The molecule has 2 rings (SSSR count). The van der Waals surface area contributed by atoms with Crippen LogP contribution in [0.3, 0.4) is 0 Å². The summed E-state index contributed by atoms with van der Waals surface area (Å²) in [5.41, 5.74) is 0. The highest BCUT2D eigenvalue weighted by molar-refractivity contribution is 5.83. The number of amides is 2. The summed E-state index contributed by atoms with van der Waals surface area (Å²) in [4.78, 5) is 28.3. The van der Waals surface area contributed by atoms with E-state index in [4.69, 9.17) is 0 Å². The minimum atomic E-state index is -0.267. The van der Waals surface area contributed by atoms with E-state index in [2.05, 4.69) is 5.32 Å². The van der Waals surface area contributed by atoms with Crippen LogP contribution in [0.5, 0.6) is 0 Å². The summed E-state index contributed by atoms with van der Waals surface area (Å²) in [6.45, 7) is 5.62. The maximum atomic E-state index is 12.4. The van der Waals surface area contributed by atoms with E-state index in [0.29, 0.717) is 0 Å². The number of likely N-dealkylation sites (tertiary alicyclic amines) is 2. The van der Waals surface area contributed by atoms with E-state index in [1.165, 1.54) is 19.3 Å². The zero-order valence-electron chi connectivity index (χ0n) is 13.3. The Kier molecular flexibility index (Phi) is 6.49. The number of carbonyl (C=O) groups excluding carboxylic acids is 2.